The van der Waals surface area contributed by atoms with Crippen LogP contribution in [0, 0.1) is 12.7 Å². The summed E-state index contributed by atoms with van der Waals surface area (Å²) in [4.78, 5) is 2.23. The number of halogens is 1. The Kier molecular flexibility index (Phi) is 2.76. The van der Waals surface area contributed by atoms with E-state index in [9.17, 15) is 4.39 Å². The minimum atomic E-state index is -0.145. The van der Waals surface area contributed by atoms with Gasteiger partial charge in [0.2, 0.25) is 0 Å². The van der Waals surface area contributed by atoms with Crippen LogP contribution in [0.4, 0.5) is 4.39 Å². The highest BCUT2D eigenvalue weighted by Gasteiger charge is 2.30. The van der Waals surface area contributed by atoms with Crippen LogP contribution >= 0.6 is 0 Å². The molecule has 1 saturated heterocycles. The van der Waals surface area contributed by atoms with Gasteiger partial charge >= 0.3 is 0 Å². The monoisotopic (exact) mass is 208 g/mol. The fraction of sp³-hybridized carbons (Fsp3) is 0.500. The quantitative estimate of drug-likeness (QED) is 0.763. The first-order valence-corrected chi connectivity index (χ1v) is 5.31. The second kappa shape index (κ2) is 3.91. The Morgan fingerprint density at radius 2 is 2.20 bits per heavy atom. The molecule has 1 aliphatic rings. The molecule has 0 aromatic heterocycles. The van der Waals surface area contributed by atoms with Gasteiger partial charge in [0.25, 0.3) is 0 Å². The molecule has 1 fully saturated rings. The number of benzene rings is 1. The second-order valence-electron chi connectivity index (χ2n) is 4.39. The Labute approximate surface area is 89.9 Å². The minimum absolute atomic E-state index is 0.145. The molecular weight excluding hydrogens is 191 g/mol. The Hall–Kier alpha value is -0.930. The number of likely N-dealkylation sites (tertiary alicyclic amines) is 1. The van der Waals surface area contributed by atoms with Gasteiger partial charge in [0.1, 0.15) is 5.82 Å². The zero-order valence-corrected chi connectivity index (χ0v) is 9.20. The third-order valence-corrected chi connectivity index (χ3v) is 3.22. The van der Waals surface area contributed by atoms with Crippen molar-refractivity contribution in [1.29, 1.82) is 0 Å². The largest absolute Gasteiger partial charge is 0.326 e. The van der Waals surface area contributed by atoms with Gasteiger partial charge in [0.05, 0.1) is 0 Å². The van der Waals surface area contributed by atoms with Gasteiger partial charge < -0.3 is 5.73 Å². The van der Waals surface area contributed by atoms with E-state index in [1.165, 1.54) is 6.07 Å². The molecular formula is C12H17FN2. The van der Waals surface area contributed by atoms with E-state index >= 15 is 0 Å². The summed E-state index contributed by atoms with van der Waals surface area (Å²) >= 11 is 0. The predicted octanol–water partition coefficient (Wildman–Crippen LogP) is 1.84. The normalized spacial score (nSPS) is 27.2. The summed E-state index contributed by atoms with van der Waals surface area (Å²) in [7, 11) is 2.07. The molecule has 1 aromatic carbocycles. The molecule has 3 heteroatoms. The summed E-state index contributed by atoms with van der Waals surface area (Å²) in [5.41, 5.74) is 7.87. The number of rotatable bonds is 1. The number of aryl methyl sites for hydroxylation is 1. The lowest BCUT2D eigenvalue weighted by atomic mass is 9.99. The minimum Gasteiger partial charge on any atom is -0.326 e. The third-order valence-electron chi connectivity index (χ3n) is 3.22. The van der Waals surface area contributed by atoms with Gasteiger partial charge in [0.15, 0.2) is 0 Å². The van der Waals surface area contributed by atoms with Crippen molar-refractivity contribution in [1.82, 2.24) is 4.90 Å². The molecule has 0 spiro atoms. The highest BCUT2D eigenvalue weighted by atomic mass is 19.1. The number of likely N-dealkylation sites (N-methyl/N-ethyl adjacent to an activating group) is 1. The lowest BCUT2D eigenvalue weighted by molar-refractivity contribution is 0.304. The van der Waals surface area contributed by atoms with Crippen LogP contribution < -0.4 is 5.73 Å². The lowest BCUT2D eigenvalue weighted by Crippen LogP contribution is -2.29. The molecule has 2 N–H and O–H groups in total. The maximum Gasteiger partial charge on any atom is 0.126 e. The van der Waals surface area contributed by atoms with Crippen molar-refractivity contribution in [2.75, 3.05) is 13.6 Å². The van der Waals surface area contributed by atoms with Gasteiger partial charge in [-0.15, -0.1) is 0 Å². The van der Waals surface area contributed by atoms with Crippen LogP contribution in [-0.4, -0.2) is 24.5 Å². The van der Waals surface area contributed by atoms with E-state index in [0.29, 0.717) is 5.56 Å². The van der Waals surface area contributed by atoms with Gasteiger partial charge in [-0.1, -0.05) is 12.1 Å². The van der Waals surface area contributed by atoms with Crippen molar-refractivity contribution in [2.45, 2.75) is 25.4 Å². The van der Waals surface area contributed by atoms with E-state index in [1.807, 2.05) is 12.1 Å². The molecule has 2 rings (SSSR count). The van der Waals surface area contributed by atoms with Crippen molar-refractivity contribution < 1.29 is 4.39 Å². The molecule has 0 radical (unpaired) electrons. The first-order valence-electron chi connectivity index (χ1n) is 5.31. The predicted molar refractivity (Wildman–Crippen MR) is 59.1 cm³/mol. The highest BCUT2D eigenvalue weighted by Crippen LogP contribution is 2.30. The summed E-state index contributed by atoms with van der Waals surface area (Å²) in [6, 6.07) is 5.68. The fourth-order valence-electron chi connectivity index (χ4n) is 2.33. The number of nitrogens with two attached hydrogens (primary N) is 1. The van der Waals surface area contributed by atoms with Gasteiger partial charge in [0, 0.05) is 18.6 Å². The van der Waals surface area contributed by atoms with Crippen LogP contribution in [0.25, 0.3) is 0 Å². The molecule has 1 heterocycles. The van der Waals surface area contributed by atoms with E-state index in [-0.39, 0.29) is 17.9 Å². The van der Waals surface area contributed by atoms with Gasteiger partial charge in [-0.05, 0) is 37.6 Å². The van der Waals surface area contributed by atoms with Crippen LogP contribution in [-0.2, 0) is 0 Å². The van der Waals surface area contributed by atoms with E-state index in [2.05, 4.69) is 11.9 Å². The van der Waals surface area contributed by atoms with Crippen molar-refractivity contribution in [3.05, 3.63) is 35.1 Å². The number of hydrogen-bond donors (Lipinski definition) is 1. The lowest BCUT2D eigenvalue weighted by Gasteiger charge is -2.23. The average Bonchev–Trinajstić information content (AvgIpc) is 2.52. The zero-order valence-electron chi connectivity index (χ0n) is 9.20. The van der Waals surface area contributed by atoms with Crippen molar-refractivity contribution in [2.24, 2.45) is 5.73 Å². The Bertz CT molecular complexity index is 355. The smallest absolute Gasteiger partial charge is 0.126 e. The van der Waals surface area contributed by atoms with Gasteiger partial charge in [-0.2, -0.15) is 0 Å². The van der Waals surface area contributed by atoms with E-state index in [4.69, 9.17) is 5.73 Å². The fourth-order valence-corrected chi connectivity index (χ4v) is 2.33. The molecule has 0 amide bonds. The standard InChI is InChI=1S/C12H17FN2/c1-8-7-9(3-4-10(8)13)12-11(14)5-6-15(12)2/h3-4,7,11-12H,5-6,14H2,1-2H3. The van der Waals surface area contributed by atoms with E-state index < -0.39 is 0 Å². The maximum atomic E-state index is 13.1. The van der Waals surface area contributed by atoms with Gasteiger partial charge in [-0.25, -0.2) is 4.39 Å². The summed E-state index contributed by atoms with van der Waals surface area (Å²) < 4.78 is 13.1. The molecule has 0 aliphatic carbocycles. The molecule has 82 valence electrons. The van der Waals surface area contributed by atoms with Crippen LogP contribution in [0.3, 0.4) is 0 Å². The second-order valence-corrected chi connectivity index (χ2v) is 4.39. The molecule has 1 aromatic rings. The van der Waals surface area contributed by atoms with Crippen LogP contribution in [0.1, 0.15) is 23.6 Å². The Morgan fingerprint density at radius 1 is 1.47 bits per heavy atom. The van der Waals surface area contributed by atoms with E-state index in [1.54, 1.807) is 6.92 Å². The average molecular weight is 208 g/mol. The molecule has 2 unspecified atom stereocenters. The van der Waals surface area contributed by atoms with Crippen molar-refractivity contribution in [3.8, 4) is 0 Å². The summed E-state index contributed by atoms with van der Waals surface area (Å²) in [5, 5.41) is 0. The number of nitrogens with zero attached hydrogens (tertiary/aromatic N) is 1. The van der Waals surface area contributed by atoms with Crippen molar-refractivity contribution in [3.63, 3.8) is 0 Å². The SMILES string of the molecule is Cc1cc(C2C(N)CCN2C)ccc1F. The van der Waals surface area contributed by atoms with Crippen molar-refractivity contribution >= 4 is 0 Å². The summed E-state index contributed by atoms with van der Waals surface area (Å²) in [5.74, 6) is -0.145. The maximum absolute atomic E-state index is 13.1. The third kappa shape index (κ3) is 1.90. The zero-order chi connectivity index (χ0) is 11.0. The summed E-state index contributed by atoms with van der Waals surface area (Å²) in [6.07, 6.45) is 1.01. The highest BCUT2D eigenvalue weighted by molar-refractivity contribution is 5.28. The van der Waals surface area contributed by atoms with Gasteiger partial charge in [-0.3, -0.25) is 4.90 Å². The number of hydrogen-bond acceptors (Lipinski definition) is 2. The Balaban J connectivity index is 2.32. The van der Waals surface area contributed by atoms with Crippen LogP contribution in [0.2, 0.25) is 0 Å². The van der Waals surface area contributed by atoms with E-state index in [0.717, 1.165) is 18.5 Å². The van der Waals surface area contributed by atoms with Crippen LogP contribution in [0.5, 0.6) is 0 Å². The van der Waals surface area contributed by atoms with Crippen LogP contribution in [0.15, 0.2) is 18.2 Å². The topological polar surface area (TPSA) is 29.3 Å². The Morgan fingerprint density at radius 3 is 2.73 bits per heavy atom. The molecule has 15 heavy (non-hydrogen) atoms. The molecule has 2 atom stereocenters. The first kappa shape index (κ1) is 10.6. The molecule has 0 bridgehead atoms. The molecule has 1 aliphatic heterocycles. The molecule has 2 nitrogen and oxygen atoms in total. The molecule has 0 saturated carbocycles. The first-order chi connectivity index (χ1) is 7.09. The summed E-state index contributed by atoms with van der Waals surface area (Å²) in [6.45, 7) is 2.81.